The molecule has 73 valence electrons. The van der Waals surface area contributed by atoms with E-state index in [2.05, 4.69) is 27.4 Å². The number of unbranched alkanes of at least 4 members (excludes halogenated alkanes) is 2. The van der Waals surface area contributed by atoms with Crippen LogP contribution in [0.4, 0.5) is 0 Å². The van der Waals surface area contributed by atoms with Crippen molar-refractivity contribution in [3.8, 4) is 0 Å². The Balaban J connectivity index is -0.0000000178. The summed E-state index contributed by atoms with van der Waals surface area (Å²) in [5, 5.41) is 0. The van der Waals surface area contributed by atoms with Crippen molar-refractivity contribution in [2.45, 2.75) is 26.7 Å². The molecule has 0 aliphatic rings. The zero-order valence-electron chi connectivity index (χ0n) is 5.84. The van der Waals surface area contributed by atoms with Crippen molar-refractivity contribution in [1.29, 1.82) is 0 Å². The summed E-state index contributed by atoms with van der Waals surface area (Å²) in [5.74, 6) is 0. The van der Waals surface area contributed by atoms with Crippen LogP contribution >= 0.6 is 0 Å². The van der Waals surface area contributed by atoms with Crippen molar-refractivity contribution in [3.63, 3.8) is 0 Å². The summed E-state index contributed by atoms with van der Waals surface area (Å²) >= 11 is 0. The molecule has 0 aromatic carbocycles. The fourth-order valence-electron chi connectivity index (χ4n) is 0.177. The van der Waals surface area contributed by atoms with E-state index in [1.807, 2.05) is 0 Å². The van der Waals surface area contributed by atoms with Gasteiger partial charge in [0.1, 0.15) is 0 Å². The maximum atomic E-state index is 7.75. The van der Waals surface area contributed by atoms with Crippen LogP contribution in [0.3, 0.4) is 0 Å². The zero-order chi connectivity index (χ0) is 8.12. The van der Waals surface area contributed by atoms with Gasteiger partial charge in [-0.1, -0.05) is 7.43 Å². The minimum absolute atomic E-state index is 0. The number of hydrogen-bond donors (Lipinski definition) is 0. The van der Waals surface area contributed by atoms with E-state index in [9.17, 15) is 0 Å². The molecule has 0 amide bonds. The molecule has 0 bridgehead atoms. The van der Waals surface area contributed by atoms with Gasteiger partial charge in [-0.05, 0) is 0 Å². The molecule has 0 aromatic heterocycles. The molecule has 0 aromatic rings. The van der Waals surface area contributed by atoms with Gasteiger partial charge in [0.05, 0.1) is 0 Å². The fourth-order valence-corrected chi connectivity index (χ4v) is 0.177. The second kappa shape index (κ2) is 91.2. The summed E-state index contributed by atoms with van der Waals surface area (Å²) < 4.78 is 0. The SMILES string of the molecule is C.[CH-]=O.[CH-]=O.[CH2-]CCC[CH2-].[Rh]. The van der Waals surface area contributed by atoms with Gasteiger partial charge < -0.3 is 23.4 Å². The molecular weight excluding hydrogens is 231 g/mol. The Morgan fingerprint density at radius 2 is 1.09 bits per heavy atom. The van der Waals surface area contributed by atoms with Crippen LogP contribution < -0.4 is 0 Å². The summed E-state index contributed by atoms with van der Waals surface area (Å²) in [4.78, 5) is 15.5. The fraction of sp³-hybridized carbons (Fsp3) is 0.500. The summed E-state index contributed by atoms with van der Waals surface area (Å²) in [6.45, 7) is 13.8. The predicted molar refractivity (Wildman–Crippen MR) is 44.8 cm³/mol. The van der Waals surface area contributed by atoms with Crippen molar-refractivity contribution in [2.75, 3.05) is 0 Å². The molecule has 0 N–H and O–H groups in total. The number of rotatable bonds is 2. The molecule has 3 heteroatoms. The summed E-state index contributed by atoms with van der Waals surface area (Å²) in [6.07, 6.45) is 3.23. The van der Waals surface area contributed by atoms with E-state index >= 15 is 0 Å². The van der Waals surface area contributed by atoms with Crippen LogP contribution in [0.2, 0.25) is 0 Å². The third-order valence-electron chi connectivity index (χ3n) is 0.500. The molecule has 0 aliphatic carbocycles. The average Bonchev–Trinajstić information content (AvgIpc) is 1.98. The first-order chi connectivity index (χ1) is 4.41. The Hall–Kier alpha value is -0.0366. The summed E-state index contributed by atoms with van der Waals surface area (Å²) in [7, 11) is 0. The minimum atomic E-state index is 0. The number of hydrogen-bond acceptors (Lipinski definition) is 2. The average molecular weight is 247 g/mol. The molecular formula is C8H16O2Rh-4. The van der Waals surface area contributed by atoms with Crippen LogP contribution in [0.1, 0.15) is 26.7 Å². The largest absolute Gasteiger partial charge is 0.545 e. The van der Waals surface area contributed by atoms with Crippen molar-refractivity contribution < 1.29 is 29.1 Å². The van der Waals surface area contributed by atoms with Crippen molar-refractivity contribution in [2.24, 2.45) is 0 Å². The van der Waals surface area contributed by atoms with Gasteiger partial charge in [-0.15, -0.1) is 6.42 Å². The van der Waals surface area contributed by atoms with Gasteiger partial charge in [0.2, 0.25) is 0 Å². The molecule has 0 saturated heterocycles. The molecule has 0 rings (SSSR count). The Morgan fingerprint density at radius 3 is 1.09 bits per heavy atom. The van der Waals surface area contributed by atoms with Crippen LogP contribution in [0.5, 0.6) is 0 Å². The zero-order valence-corrected chi connectivity index (χ0v) is 7.48. The molecule has 0 heterocycles. The maximum absolute atomic E-state index is 7.75. The number of carbonyl (C=O) groups excluding carboxylic acids is 2. The van der Waals surface area contributed by atoms with Crippen LogP contribution in [0, 0.1) is 13.8 Å². The smallest absolute Gasteiger partial charge is 0 e. The van der Waals surface area contributed by atoms with E-state index < -0.39 is 0 Å². The van der Waals surface area contributed by atoms with Crippen molar-refractivity contribution >= 4 is 13.6 Å². The van der Waals surface area contributed by atoms with Gasteiger partial charge in [-0.2, -0.15) is 12.8 Å². The minimum Gasteiger partial charge on any atom is -0.545 e. The van der Waals surface area contributed by atoms with E-state index in [0.29, 0.717) is 0 Å². The molecule has 0 saturated carbocycles. The van der Waals surface area contributed by atoms with Gasteiger partial charge >= 0.3 is 0 Å². The molecule has 0 aliphatic heterocycles. The van der Waals surface area contributed by atoms with E-state index in [-0.39, 0.29) is 26.9 Å². The third kappa shape index (κ3) is 164. The Morgan fingerprint density at radius 1 is 0.909 bits per heavy atom. The van der Waals surface area contributed by atoms with Crippen LogP contribution in [0.25, 0.3) is 0 Å². The van der Waals surface area contributed by atoms with Crippen molar-refractivity contribution in [1.82, 2.24) is 0 Å². The first-order valence-electron chi connectivity index (χ1n) is 2.47. The molecule has 0 unspecified atom stereocenters. The standard InChI is InChI=1S/C5H10.2CHO.CH4.Rh/c1-3-5-4-2;2*1-2;;/h1-5H2;2*1H;1H4;/q-2;2*-1;;. The van der Waals surface area contributed by atoms with E-state index in [4.69, 9.17) is 9.59 Å². The van der Waals surface area contributed by atoms with Crippen LogP contribution in [0.15, 0.2) is 0 Å². The second-order valence-electron chi connectivity index (χ2n) is 1.06. The molecule has 1 radical (unpaired) electrons. The Kier molecular flexibility index (Phi) is 254. The second-order valence-corrected chi connectivity index (χ2v) is 1.06. The van der Waals surface area contributed by atoms with E-state index in [0.717, 1.165) is 12.8 Å². The maximum Gasteiger partial charge on any atom is 0 e. The van der Waals surface area contributed by atoms with Crippen molar-refractivity contribution in [3.05, 3.63) is 13.8 Å². The van der Waals surface area contributed by atoms with Crippen LogP contribution in [-0.2, 0) is 29.1 Å². The normalized spacial score (nSPS) is 4.55. The van der Waals surface area contributed by atoms with E-state index in [1.54, 1.807) is 0 Å². The monoisotopic (exact) mass is 247 g/mol. The molecule has 11 heavy (non-hydrogen) atoms. The summed E-state index contributed by atoms with van der Waals surface area (Å²) in [5.41, 5.74) is 0. The van der Waals surface area contributed by atoms with Gasteiger partial charge in [-0.25, -0.2) is 0 Å². The topological polar surface area (TPSA) is 34.1 Å². The summed E-state index contributed by atoms with van der Waals surface area (Å²) in [6, 6.07) is 0. The Bertz CT molecular complexity index is 31.3. The van der Waals surface area contributed by atoms with Gasteiger partial charge in [0.15, 0.2) is 0 Å². The Labute approximate surface area is 83.5 Å². The molecule has 0 atom stereocenters. The van der Waals surface area contributed by atoms with E-state index in [1.165, 1.54) is 6.42 Å². The predicted octanol–water partition coefficient (Wildman–Crippen LogP) is 1.91. The molecule has 0 spiro atoms. The van der Waals surface area contributed by atoms with Gasteiger partial charge in [-0.3, -0.25) is 13.6 Å². The third-order valence-corrected chi connectivity index (χ3v) is 0.500. The van der Waals surface area contributed by atoms with Crippen LogP contribution in [-0.4, -0.2) is 13.6 Å². The van der Waals surface area contributed by atoms with Gasteiger partial charge in [0, 0.05) is 19.5 Å². The molecule has 2 nitrogen and oxygen atoms in total. The van der Waals surface area contributed by atoms with Gasteiger partial charge in [0.25, 0.3) is 0 Å². The first-order valence-corrected chi connectivity index (χ1v) is 2.47. The first kappa shape index (κ1) is 30.6. The quantitative estimate of drug-likeness (QED) is 0.424. The molecule has 0 fully saturated rings.